The van der Waals surface area contributed by atoms with E-state index in [0.29, 0.717) is 24.6 Å². The van der Waals surface area contributed by atoms with Gasteiger partial charge in [0.25, 0.3) is 5.91 Å². The van der Waals surface area contributed by atoms with Gasteiger partial charge in [0.05, 0.1) is 20.6 Å². The van der Waals surface area contributed by atoms with E-state index < -0.39 is 0 Å². The van der Waals surface area contributed by atoms with Crippen LogP contribution in [-0.4, -0.2) is 54.1 Å². The SMILES string of the molecule is COc1ccc(OC)c(C=CC(=O)N2CCCN2C(=O)Cc2cncc(Br)c2)c1. The smallest absolute Gasteiger partial charge is 0.265 e. The molecular formula is C21H22BrN3O4. The van der Waals surface area contributed by atoms with Crippen LogP contribution in [0.3, 0.4) is 0 Å². The van der Waals surface area contributed by atoms with Gasteiger partial charge < -0.3 is 9.47 Å². The van der Waals surface area contributed by atoms with Crippen LogP contribution in [0.25, 0.3) is 6.08 Å². The lowest BCUT2D eigenvalue weighted by Gasteiger charge is -2.27. The molecule has 0 saturated carbocycles. The number of hydrogen-bond acceptors (Lipinski definition) is 5. The van der Waals surface area contributed by atoms with Crippen LogP contribution < -0.4 is 9.47 Å². The van der Waals surface area contributed by atoms with Crippen molar-refractivity contribution in [3.63, 3.8) is 0 Å². The Morgan fingerprint density at radius 1 is 1.14 bits per heavy atom. The molecule has 1 saturated heterocycles. The monoisotopic (exact) mass is 459 g/mol. The number of nitrogens with zero attached hydrogens (tertiary/aromatic N) is 3. The highest BCUT2D eigenvalue weighted by atomic mass is 79.9. The maximum Gasteiger partial charge on any atom is 0.265 e. The second kappa shape index (κ2) is 9.56. The van der Waals surface area contributed by atoms with E-state index in [4.69, 9.17) is 9.47 Å². The molecule has 152 valence electrons. The third-order valence-corrected chi connectivity index (χ3v) is 4.97. The number of halogens is 1. The molecule has 2 heterocycles. The highest BCUT2D eigenvalue weighted by molar-refractivity contribution is 9.10. The molecule has 8 heteroatoms. The maximum absolute atomic E-state index is 12.7. The van der Waals surface area contributed by atoms with Crippen molar-refractivity contribution in [2.75, 3.05) is 27.3 Å². The second-order valence-corrected chi connectivity index (χ2v) is 7.38. The van der Waals surface area contributed by atoms with Gasteiger partial charge in [0, 0.05) is 41.6 Å². The molecule has 1 aromatic carbocycles. The Labute approximate surface area is 178 Å². The Hall–Kier alpha value is -2.87. The molecule has 3 rings (SSSR count). The van der Waals surface area contributed by atoms with Gasteiger partial charge >= 0.3 is 0 Å². The van der Waals surface area contributed by atoms with Crippen molar-refractivity contribution in [1.29, 1.82) is 0 Å². The molecule has 2 aromatic rings. The topological polar surface area (TPSA) is 72.0 Å². The first-order valence-electron chi connectivity index (χ1n) is 9.13. The summed E-state index contributed by atoms with van der Waals surface area (Å²) in [5, 5.41) is 2.99. The maximum atomic E-state index is 12.7. The fourth-order valence-electron chi connectivity index (χ4n) is 3.14. The van der Waals surface area contributed by atoms with Gasteiger partial charge in [-0.25, -0.2) is 5.01 Å². The van der Waals surface area contributed by atoms with Crippen LogP contribution in [0.4, 0.5) is 0 Å². The van der Waals surface area contributed by atoms with E-state index in [1.54, 1.807) is 50.9 Å². The summed E-state index contributed by atoms with van der Waals surface area (Å²) < 4.78 is 11.4. The molecule has 0 spiro atoms. The van der Waals surface area contributed by atoms with Crippen molar-refractivity contribution >= 4 is 33.8 Å². The van der Waals surface area contributed by atoms with Gasteiger partial charge in [-0.1, -0.05) is 0 Å². The minimum absolute atomic E-state index is 0.136. The molecule has 7 nitrogen and oxygen atoms in total. The number of amides is 2. The third-order valence-electron chi connectivity index (χ3n) is 4.53. The standard InChI is InChI=1S/C21H22BrN3O4/c1-28-18-5-6-19(29-2)16(12-18)4-7-20(26)24-8-3-9-25(24)21(27)11-15-10-17(22)14-23-13-15/h4-7,10,12-14H,3,8-9,11H2,1-2H3. The predicted octanol–water partition coefficient (Wildman–Crippen LogP) is 3.09. The van der Waals surface area contributed by atoms with E-state index >= 15 is 0 Å². The summed E-state index contributed by atoms with van der Waals surface area (Å²) in [7, 11) is 3.15. The van der Waals surface area contributed by atoms with Crippen LogP contribution in [0.1, 0.15) is 17.5 Å². The Morgan fingerprint density at radius 3 is 2.66 bits per heavy atom. The summed E-state index contributed by atoms with van der Waals surface area (Å²) in [4.78, 5) is 29.6. The van der Waals surface area contributed by atoms with Crippen LogP contribution in [0.5, 0.6) is 11.5 Å². The summed E-state index contributed by atoms with van der Waals surface area (Å²) in [6.45, 7) is 1.02. The van der Waals surface area contributed by atoms with Gasteiger partial charge in [-0.05, 0) is 58.3 Å². The summed E-state index contributed by atoms with van der Waals surface area (Å²) in [6, 6.07) is 7.20. The number of hydrogen-bond donors (Lipinski definition) is 0. The zero-order valence-corrected chi connectivity index (χ0v) is 17.9. The van der Waals surface area contributed by atoms with Crippen LogP contribution in [0.15, 0.2) is 47.2 Å². The number of rotatable bonds is 6. The van der Waals surface area contributed by atoms with Crippen LogP contribution in [0.2, 0.25) is 0 Å². The quantitative estimate of drug-likeness (QED) is 0.620. The first-order valence-corrected chi connectivity index (χ1v) is 9.92. The van der Waals surface area contributed by atoms with Crippen molar-refractivity contribution in [1.82, 2.24) is 15.0 Å². The second-order valence-electron chi connectivity index (χ2n) is 6.46. The van der Waals surface area contributed by atoms with Crippen molar-refractivity contribution < 1.29 is 19.1 Å². The van der Waals surface area contributed by atoms with Gasteiger partial charge in [0.1, 0.15) is 11.5 Å². The normalized spacial score (nSPS) is 13.8. The van der Waals surface area contributed by atoms with Gasteiger partial charge in [0.2, 0.25) is 5.91 Å². The molecule has 0 unspecified atom stereocenters. The van der Waals surface area contributed by atoms with Crippen LogP contribution in [0, 0.1) is 0 Å². The van der Waals surface area contributed by atoms with E-state index in [9.17, 15) is 9.59 Å². The first-order chi connectivity index (χ1) is 14.0. The van der Waals surface area contributed by atoms with Gasteiger partial charge in [-0.2, -0.15) is 0 Å². The minimum Gasteiger partial charge on any atom is -0.497 e. The number of aromatic nitrogens is 1. The number of hydrazine groups is 1. The molecule has 0 bridgehead atoms. The Balaban J connectivity index is 1.71. The molecule has 0 radical (unpaired) electrons. The van der Waals surface area contributed by atoms with Crippen molar-refractivity contribution in [3.8, 4) is 11.5 Å². The summed E-state index contributed by atoms with van der Waals surface area (Å²) in [5.74, 6) is 0.904. The lowest BCUT2D eigenvalue weighted by atomic mass is 10.1. The molecule has 1 aliphatic heterocycles. The molecule has 0 N–H and O–H groups in total. The molecular weight excluding hydrogens is 438 g/mol. The third kappa shape index (κ3) is 5.14. The first kappa shape index (κ1) is 20.9. The number of methoxy groups -OCH3 is 2. The zero-order valence-electron chi connectivity index (χ0n) is 16.3. The Morgan fingerprint density at radius 2 is 1.93 bits per heavy atom. The van der Waals surface area contributed by atoms with Crippen molar-refractivity contribution in [3.05, 3.63) is 58.3 Å². The number of ether oxygens (including phenoxy) is 2. The predicted molar refractivity (Wildman–Crippen MR) is 112 cm³/mol. The molecule has 1 fully saturated rings. The lowest BCUT2D eigenvalue weighted by Crippen LogP contribution is -2.44. The van der Waals surface area contributed by atoms with Gasteiger partial charge in [0.15, 0.2) is 0 Å². The van der Waals surface area contributed by atoms with E-state index in [-0.39, 0.29) is 18.2 Å². The molecule has 1 aliphatic rings. The van der Waals surface area contributed by atoms with Crippen LogP contribution >= 0.6 is 15.9 Å². The highest BCUT2D eigenvalue weighted by Crippen LogP contribution is 2.25. The molecule has 2 amide bonds. The number of carbonyl (C=O) groups is 2. The average molecular weight is 460 g/mol. The van der Waals surface area contributed by atoms with E-state index in [0.717, 1.165) is 22.0 Å². The summed E-state index contributed by atoms with van der Waals surface area (Å²) >= 11 is 3.36. The molecule has 0 aliphatic carbocycles. The lowest BCUT2D eigenvalue weighted by molar-refractivity contribution is -0.154. The number of benzene rings is 1. The van der Waals surface area contributed by atoms with Gasteiger partial charge in [-0.3, -0.25) is 19.6 Å². The van der Waals surface area contributed by atoms with Crippen molar-refractivity contribution in [2.45, 2.75) is 12.8 Å². The molecule has 0 atom stereocenters. The number of carbonyl (C=O) groups excluding carboxylic acids is 2. The van der Waals surface area contributed by atoms with Gasteiger partial charge in [-0.15, -0.1) is 0 Å². The minimum atomic E-state index is -0.256. The number of pyridine rings is 1. The Kier molecular flexibility index (Phi) is 6.87. The molecule has 29 heavy (non-hydrogen) atoms. The fourth-order valence-corrected chi connectivity index (χ4v) is 3.55. The van der Waals surface area contributed by atoms with Crippen molar-refractivity contribution in [2.24, 2.45) is 0 Å². The zero-order chi connectivity index (χ0) is 20.8. The summed E-state index contributed by atoms with van der Waals surface area (Å²) in [5.41, 5.74) is 1.51. The fraction of sp³-hybridized carbons (Fsp3) is 0.286. The summed E-state index contributed by atoms with van der Waals surface area (Å²) in [6.07, 6.45) is 7.36. The van der Waals surface area contributed by atoms with E-state index in [1.165, 1.54) is 16.1 Å². The highest BCUT2D eigenvalue weighted by Gasteiger charge is 2.29. The Bertz CT molecular complexity index is 932. The van der Waals surface area contributed by atoms with E-state index in [1.807, 2.05) is 6.07 Å². The molecule has 1 aromatic heterocycles. The average Bonchev–Trinajstić information content (AvgIpc) is 3.22. The largest absolute Gasteiger partial charge is 0.497 e. The van der Waals surface area contributed by atoms with Crippen LogP contribution in [-0.2, 0) is 16.0 Å². The van der Waals surface area contributed by atoms with E-state index in [2.05, 4.69) is 20.9 Å².